The van der Waals surface area contributed by atoms with Crippen molar-refractivity contribution in [1.29, 1.82) is 0 Å². The van der Waals surface area contributed by atoms with Crippen LogP contribution in [0.25, 0.3) is 0 Å². The number of rotatable bonds is 0. The van der Waals surface area contributed by atoms with Crippen LogP contribution in [-0.4, -0.2) is 19.8 Å². The highest BCUT2D eigenvalue weighted by atomic mass is 16.5. The van der Waals surface area contributed by atoms with Crippen LogP contribution in [0.1, 0.15) is 12.8 Å². The van der Waals surface area contributed by atoms with Gasteiger partial charge in [0, 0.05) is 6.54 Å². The molecule has 0 aromatic rings. The highest BCUT2D eigenvalue weighted by Gasteiger charge is 2.00. The molecule has 1 unspecified atom stereocenters. The van der Waals surface area contributed by atoms with E-state index >= 15 is 0 Å². The second-order valence-electron chi connectivity index (χ2n) is 2.17. The molecule has 0 bridgehead atoms. The van der Waals surface area contributed by atoms with Crippen LogP contribution in [0.2, 0.25) is 0 Å². The van der Waals surface area contributed by atoms with Gasteiger partial charge < -0.3 is 10.3 Å². The molecule has 0 aromatic carbocycles. The number of hydroxylamine groups is 2. The van der Waals surface area contributed by atoms with E-state index in [1.165, 1.54) is 0 Å². The molecule has 0 saturated carbocycles. The Morgan fingerprint density at radius 1 is 1.38 bits per heavy atom. The minimum Gasteiger partial charge on any atom is -0.633 e. The first kappa shape index (κ1) is 6.01. The molecule has 0 aliphatic carbocycles. The lowest BCUT2D eigenvalue weighted by atomic mass is 10.3. The maximum absolute atomic E-state index is 10.6. The topological polar surface area (TPSA) is 39.5 Å². The first-order chi connectivity index (χ1) is 3.89. The summed E-state index contributed by atoms with van der Waals surface area (Å²) in [6.07, 6.45) is 2.23. The number of hydrogen-bond acceptors (Lipinski definition) is 2. The van der Waals surface area contributed by atoms with E-state index in [9.17, 15) is 5.21 Å². The monoisotopic (exact) mass is 116 g/mol. The molecule has 8 heavy (non-hydrogen) atoms. The summed E-state index contributed by atoms with van der Waals surface area (Å²) in [6, 6.07) is 0. The molecule has 0 spiro atoms. The predicted molar refractivity (Wildman–Crippen MR) is 31.3 cm³/mol. The second kappa shape index (κ2) is 3.02. The molecule has 2 N–H and O–H groups in total. The average Bonchev–Trinajstić information content (AvgIpc) is 1.94. The zero-order valence-corrected chi connectivity index (χ0v) is 4.94. The van der Waals surface area contributed by atoms with E-state index in [0.29, 0.717) is 11.7 Å². The minimum absolute atomic E-state index is 0.363. The Hall–Kier alpha value is -0.120. The van der Waals surface area contributed by atoms with Crippen molar-refractivity contribution in [3.05, 3.63) is 5.21 Å². The third-order valence-corrected chi connectivity index (χ3v) is 1.38. The van der Waals surface area contributed by atoms with Gasteiger partial charge in [-0.25, -0.2) is 0 Å². The normalized spacial score (nSPS) is 31.9. The van der Waals surface area contributed by atoms with Crippen molar-refractivity contribution in [2.75, 3.05) is 19.8 Å². The predicted octanol–water partition coefficient (Wildman–Crippen LogP) is -1.29. The molecule has 1 aliphatic heterocycles. The van der Waals surface area contributed by atoms with Crippen LogP contribution in [0.5, 0.6) is 0 Å². The maximum atomic E-state index is 10.6. The van der Waals surface area contributed by atoms with Crippen molar-refractivity contribution < 1.29 is 5.06 Å². The Morgan fingerprint density at radius 2 is 2.25 bits per heavy atom. The van der Waals surface area contributed by atoms with Gasteiger partial charge in [0.05, 0.1) is 6.54 Å². The smallest absolute Gasteiger partial charge is 0.130 e. The van der Waals surface area contributed by atoms with E-state index in [4.69, 9.17) is 0 Å². The minimum atomic E-state index is 0.363. The van der Waals surface area contributed by atoms with Crippen molar-refractivity contribution >= 4 is 0 Å². The second-order valence-corrected chi connectivity index (χ2v) is 2.17. The molecule has 3 nitrogen and oxygen atoms in total. The lowest BCUT2D eigenvalue weighted by molar-refractivity contribution is -0.849. The Bertz CT molecular complexity index is 59.4. The zero-order chi connectivity index (χ0) is 5.82. The molecule has 48 valence electrons. The summed E-state index contributed by atoms with van der Waals surface area (Å²) in [5.41, 5.74) is 0. The van der Waals surface area contributed by atoms with Gasteiger partial charge in [0.25, 0.3) is 0 Å². The summed E-state index contributed by atoms with van der Waals surface area (Å²) in [4.78, 5) is 0. The van der Waals surface area contributed by atoms with E-state index in [0.717, 1.165) is 25.9 Å². The lowest BCUT2D eigenvalue weighted by Gasteiger charge is -2.18. The largest absolute Gasteiger partial charge is 0.633 e. The number of nitrogens with one attached hydrogen (secondary N) is 2. The molecule has 0 amide bonds. The highest BCUT2D eigenvalue weighted by Crippen LogP contribution is 1.82. The highest BCUT2D eigenvalue weighted by molar-refractivity contribution is 4.46. The van der Waals surface area contributed by atoms with Crippen LogP contribution in [0.4, 0.5) is 0 Å². The molecule has 0 aromatic heterocycles. The molecule has 1 fully saturated rings. The van der Waals surface area contributed by atoms with Gasteiger partial charge in [0.15, 0.2) is 0 Å². The molecule has 1 saturated heterocycles. The standard InChI is InChI=1S/C5H12N2O/c8-7-4-2-1-3-6-5-7/h6-7H,1-5H2. The maximum Gasteiger partial charge on any atom is 0.130 e. The Labute approximate surface area is 49.3 Å². The molecule has 1 heterocycles. The van der Waals surface area contributed by atoms with Gasteiger partial charge in [0.2, 0.25) is 0 Å². The summed E-state index contributed by atoms with van der Waals surface area (Å²) in [6.45, 7) is 2.40. The van der Waals surface area contributed by atoms with Gasteiger partial charge in [-0.3, -0.25) is 5.32 Å². The molecule has 1 aliphatic rings. The third-order valence-electron chi connectivity index (χ3n) is 1.38. The third kappa shape index (κ3) is 1.78. The quantitative estimate of drug-likeness (QED) is 0.387. The summed E-state index contributed by atoms with van der Waals surface area (Å²) in [5, 5.41) is 14.0. The van der Waals surface area contributed by atoms with Crippen molar-refractivity contribution in [3.63, 3.8) is 0 Å². The SMILES string of the molecule is [O-][NH+]1CCCCNC1. The van der Waals surface area contributed by atoms with Gasteiger partial charge in [0.1, 0.15) is 6.67 Å². The van der Waals surface area contributed by atoms with E-state index in [-0.39, 0.29) is 0 Å². The van der Waals surface area contributed by atoms with Crippen molar-refractivity contribution in [2.24, 2.45) is 0 Å². The summed E-state index contributed by atoms with van der Waals surface area (Å²) < 4.78 is 0. The van der Waals surface area contributed by atoms with Crippen molar-refractivity contribution in [3.8, 4) is 0 Å². The van der Waals surface area contributed by atoms with Gasteiger partial charge in [-0.05, 0) is 12.8 Å². The fourth-order valence-electron chi connectivity index (χ4n) is 0.888. The average molecular weight is 116 g/mol. The van der Waals surface area contributed by atoms with E-state index in [2.05, 4.69) is 5.32 Å². The fraction of sp³-hybridized carbons (Fsp3) is 1.00. The molecule has 0 radical (unpaired) electrons. The molecular formula is C5H12N2O. The number of quaternary nitrogens is 1. The molecule has 1 atom stereocenters. The van der Waals surface area contributed by atoms with Gasteiger partial charge in [-0.2, -0.15) is 0 Å². The van der Waals surface area contributed by atoms with Gasteiger partial charge in [-0.15, -0.1) is 0 Å². The molecule has 1 rings (SSSR count). The van der Waals surface area contributed by atoms with Crippen LogP contribution in [0.3, 0.4) is 0 Å². The van der Waals surface area contributed by atoms with Crippen LogP contribution in [0.15, 0.2) is 0 Å². The van der Waals surface area contributed by atoms with Crippen LogP contribution in [0, 0.1) is 5.21 Å². The van der Waals surface area contributed by atoms with Crippen molar-refractivity contribution in [2.45, 2.75) is 12.8 Å². The Morgan fingerprint density at radius 3 is 3.12 bits per heavy atom. The van der Waals surface area contributed by atoms with Crippen molar-refractivity contribution in [1.82, 2.24) is 5.32 Å². The van der Waals surface area contributed by atoms with Crippen LogP contribution in [-0.2, 0) is 0 Å². The van der Waals surface area contributed by atoms with Crippen LogP contribution < -0.4 is 10.4 Å². The van der Waals surface area contributed by atoms with Crippen LogP contribution >= 0.6 is 0 Å². The summed E-state index contributed by atoms with van der Waals surface area (Å²) in [7, 11) is 0. The van der Waals surface area contributed by atoms with Gasteiger partial charge >= 0.3 is 0 Å². The zero-order valence-electron chi connectivity index (χ0n) is 4.94. The summed E-state index contributed by atoms with van der Waals surface area (Å²) in [5.74, 6) is 0. The first-order valence-electron chi connectivity index (χ1n) is 3.12. The number of hydrogen-bond donors (Lipinski definition) is 2. The first-order valence-corrected chi connectivity index (χ1v) is 3.12. The van der Waals surface area contributed by atoms with E-state index < -0.39 is 0 Å². The fourth-order valence-corrected chi connectivity index (χ4v) is 0.888. The molecule has 3 heteroatoms. The van der Waals surface area contributed by atoms with Gasteiger partial charge in [-0.1, -0.05) is 0 Å². The Balaban J connectivity index is 2.17. The van der Waals surface area contributed by atoms with E-state index in [1.54, 1.807) is 0 Å². The Kier molecular flexibility index (Phi) is 2.27. The lowest BCUT2D eigenvalue weighted by Crippen LogP contribution is -3.08. The van der Waals surface area contributed by atoms with E-state index in [1.807, 2.05) is 0 Å². The summed E-state index contributed by atoms with van der Waals surface area (Å²) >= 11 is 0. The molecular weight excluding hydrogens is 104 g/mol.